The standard InChI is InChI=1S/C15H15ClN4O3/c1-19-14-13(6-18-19)15(22)20(9-17-14)7-11(21)8-23-12-4-2-10(16)3-5-12/h2-6,9,11,21H,7-8H2,1H3. The van der Waals surface area contributed by atoms with Crippen molar-refractivity contribution in [2.75, 3.05) is 6.61 Å². The zero-order valence-electron chi connectivity index (χ0n) is 12.4. The first-order chi connectivity index (χ1) is 11.0. The van der Waals surface area contributed by atoms with Gasteiger partial charge in [0.25, 0.3) is 5.56 Å². The van der Waals surface area contributed by atoms with Crippen molar-refractivity contribution < 1.29 is 9.84 Å². The van der Waals surface area contributed by atoms with Gasteiger partial charge in [0.2, 0.25) is 0 Å². The van der Waals surface area contributed by atoms with Crippen molar-refractivity contribution in [3.05, 3.63) is 52.2 Å². The molecule has 7 nitrogen and oxygen atoms in total. The molecule has 0 fully saturated rings. The predicted molar refractivity (Wildman–Crippen MR) is 85.7 cm³/mol. The molecule has 2 heterocycles. The maximum Gasteiger partial charge on any atom is 0.264 e. The Kier molecular flexibility index (Phi) is 4.31. The average Bonchev–Trinajstić information content (AvgIpc) is 2.92. The van der Waals surface area contributed by atoms with Gasteiger partial charge < -0.3 is 9.84 Å². The summed E-state index contributed by atoms with van der Waals surface area (Å²) in [6, 6.07) is 6.83. The van der Waals surface area contributed by atoms with Gasteiger partial charge in [-0.3, -0.25) is 14.0 Å². The normalized spacial score (nSPS) is 12.5. The van der Waals surface area contributed by atoms with Crippen LogP contribution in [0.2, 0.25) is 5.02 Å². The van der Waals surface area contributed by atoms with Gasteiger partial charge >= 0.3 is 0 Å². The second-order valence-corrected chi connectivity index (χ2v) is 5.56. The van der Waals surface area contributed by atoms with Crippen molar-refractivity contribution in [3.8, 4) is 5.75 Å². The van der Waals surface area contributed by atoms with Gasteiger partial charge in [-0.25, -0.2) is 4.98 Å². The molecular formula is C15H15ClN4O3. The molecule has 1 atom stereocenters. The Labute approximate surface area is 136 Å². The molecule has 0 spiro atoms. The Hall–Kier alpha value is -2.38. The zero-order valence-corrected chi connectivity index (χ0v) is 13.1. The molecule has 3 aromatic rings. The summed E-state index contributed by atoms with van der Waals surface area (Å²) in [4.78, 5) is 16.5. The highest BCUT2D eigenvalue weighted by atomic mass is 35.5. The van der Waals surface area contributed by atoms with Crippen LogP contribution < -0.4 is 10.3 Å². The van der Waals surface area contributed by atoms with Crippen molar-refractivity contribution in [3.63, 3.8) is 0 Å². The number of halogens is 1. The highest BCUT2D eigenvalue weighted by Crippen LogP contribution is 2.15. The molecular weight excluding hydrogens is 320 g/mol. The lowest BCUT2D eigenvalue weighted by atomic mass is 10.3. The number of rotatable bonds is 5. The molecule has 0 aliphatic rings. The van der Waals surface area contributed by atoms with E-state index in [0.717, 1.165) is 0 Å². The molecule has 1 aromatic carbocycles. The lowest BCUT2D eigenvalue weighted by molar-refractivity contribution is 0.0915. The van der Waals surface area contributed by atoms with E-state index in [4.69, 9.17) is 16.3 Å². The third-order valence-electron chi connectivity index (χ3n) is 3.38. The summed E-state index contributed by atoms with van der Waals surface area (Å²) >= 11 is 5.79. The van der Waals surface area contributed by atoms with Gasteiger partial charge in [-0.15, -0.1) is 0 Å². The number of aliphatic hydroxyl groups excluding tert-OH is 1. The van der Waals surface area contributed by atoms with Gasteiger partial charge in [0, 0.05) is 12.1 Å². The van der Waals surface area contributed by atoms with Crippen LogP contribution in [0.25, 0.3) is 11.0 Å². The SMILES string of the molecule is Cn1ncc2c(=O)n(CC(O)COc3ccc(Cl)cc3)cnc21. The first kappa shape index (κ1) is 15.5. The Balaban J connectivity index is 1.68. The van der Waals surface area contributed by atoms with Gasteiger partial charge in [0.05, 0.1) is 12.7 Å². The second kappa shape index (κ2) is 6.39. The molecule has 0 saturated heterocycles. The molecule has 120 valence electrons. The summed E-state index contributed by atoms with van der Waals surface area (Å²) < 4.78 is 8.34. The molecule has 0 amide bonds. The predicted octanol–water partition coefficient (Wildman–Crippen LogP) is 1.22. The zero-order chi connectivity index (χ0) is 16.4. The summed E-state index contributed by atoms with van der Waals surface area (Å²) in [5, 5.41) is 15.1. The molecule has 23 heavy (non-hydrogen) atoms. The minimum Gasteiger partial charge on any atom is -0.491 e. The van der Waals surface area contributed by atoms with Crippen LogP contribution in [-0.4, -0.2) is 37.1 Å². The summed E-state index contributed by atoms with van der Waals surface area (Å²) in [5.41, 5.74) is 0.270. The molecule has 2 aromatic heterocycles. The number of ether oxygens (including phenoxy) is 1. The maximum absolute atomic E-state index is 12.3. The lowest BCUT2D eigenvalue weighted by Gasteiger charge is -2.13. The quantitative estimate of drug-likeness (QED) is 0.758. The third kappa shape index (κ3) is 3.35. The molecule has 0 saturated carbocycles. The summed E-state index contributed by atoms with van der Waals surface area (Å²) in [6.45, 7) is 0.142. The minimum absolute atomic E-state index is 0.0547. The van der Waals surface area contributed by atoms with Crippen molar-refractivity contribution in [1.29, 1.82) is 0 Å². The van der Waals surface area contributed by atoms with Crippen LogP contribution in [0, 0.1) is 0 Å². The van der Waals surface area contributed by atoms with E-state index in [9.17, 15) is 9.90 Å². The summed E-state index contributed by atoms with van der Waals surface area (Å²) in [6.07, 6.45) is 2.02. The van der Waals surface area contributed by atoms with E-state index in [1.54, 1.807) is 31.3 Å². The number of hydrogen-bond donors (Lipinski definition) is 1. The first-order valence-electron chi connectivity index (χ1n) is 6.98. The van der Waals surface area contributed by atoms with Gasteiger partial charge in [0.15, 0.2) is 5.65 Å². The fraction of sp³-hybridized carbons (Fsp3) is 0.267. The minimum atomic E-state index is -0.848. The Morgan fingerprint density at radius 3 is 2.83 bits per heavy atom. The van der Waals surface area contributed by atoms with Crippen molar-refractivity contribution in [2.45, 2.75) is 12.6 Å². The highest BCUT2D eigenvalue weighted by molar-refractivity contribution is 6.30. The van der Waals surface area contributed by atoms with E-state index >= 15 is 0 Å². The van der Waals surface area contributed by atoms with Crippen LogP contribution in [-0.2, 0) is 13.6 Å². The van der Waals surface area contributed by atoms with Crippen LogP contribution >= 0.6 is 11.6 Å². The van der Waals surface area contributed by atoms with Crippen LogP contribution in [0.4, 0.5) is 0 Å². The van der Waals surface area contributed by atoms with Gasteiger partial charge in [-0.2, -0.15) is 5.10 Å². The fourth-order valence-corrected chi connectivity index (χ4v) is 2.33. The number of aryl methyl sites for hydroxylation is 1. The second-order valence-electron chi connectivity index (χ2n) is 5.13. The molecule has 0 radical (unpaired) electrons. The number of fused-ring (bicyclic) bond motifs is 1. The lowest BCUT2D eigenvalue weighted by Crippen LogP contribution is -2.30. The molecule has 1 N–H and O–H groups in total. The van der Waals surface area contributed by atoms with Crippen LogP contribution in [0.15, 0.2) is 41.6 Å². The Bertz CT molecular complexity index is 873. The number of aliphatic hydroxyl groups is 1. The van der Waals surface area contributed by atoms with E-state index in [0.29, 0.717) is 21.8 Å². The number of aromatic nitrogens is 4. The number of nitrogens with zero attached hydrogens (tertiary/aromatic N) is 4. The molecule has 0 aliphatic heterocycles. The summed E-state index contributed by atoms with van der Waals surface area (Å²) in [7, 11) is 1.72. The van der Waals surface area contributed by atoms with E-state index in [1.807, 2.05) is 0 Å². The van der Waals surface area contributed by atoms with Gasteiger partial charge in [-0.05, 0) is 24.3 Å². The largest absolute Gasteiger partial charge is 0.491 e. The number of hydrogen-bond acceptors (Lipinski definition) is 5. The van der Waals surface area contributed by atoms with Crippen LogP contribution in [0.1, 0.15) is 0 Å². The first-order valence-corrected chi connectivity index (χ1v) is 7.36. The maximum atomic E-state index is 12.3. The van der Waals surface area contributed by atoms with E-state index < -0.39 is 6.10 Å². The van der Waals surface area contributed by atoms with Gasteiger partial charge in [-0.1, -0.05) is 11.6 Å². The Morgan fingerprint density at radius 1 is 1.35 bits per heavy atom. The third-order valence-corrected chi connectivity index (χ3v) is 3.63. The van der Waals surface area contributed by atoms with E-state index in [2.05, 4.69) is 10.1 Å². The number of benzene rings is 1. The Morgan fingerprint density at radius 2 is 2.09 bits per heavy atom. The van der Waals surface area contributed by atoms with E-state index in [1.165, 1.54) is 21.8 Å². The average molecular weight is 335 g/mol. The van der Waals surface area contributed by atoms with Gasteiger partial charge in [0.1, 0.15) is 30.2 Å². The molecule has 1 unspecified atom stereocenters. The molecule has 8 heteroatoms. The topological polar surface area (TPSA) is 82.2 Å². The van der Waals surface area contributed by atoms with Crippen LogP contribution in [0.5, 0.6) is 5.75 Å². The van der Waals surface area contributed by atoms with Crippen LogP contribution in [0.3, 0.4) is 0 Å². The fourth-order valence-electron chi connectivity index (χ4n) is 2.20. The van der Waals surface area contributed by atoms with E-state index in [-0.39, 0.29) is 18.7 Å². The molecule has 0 aliphatic carbocycles. The summed E-state index contributed by atoms with van der Waals surface area (Å²) in [5.74, 6) is 0.599. The molecule has 3 rings (SSSR count). The van der Waals surface area contributed by atoms with Crippen molar-refractivity contribution in [2.24, 2.45) is 7.05 Å². The smallest absolute Gasteiger partial charge is 0.264 e. The van der Waals surface area contributed by atoms with Crippen molar-refractivity contribution >= 4 is 22.6 Å². The highest BCUT2D eigenvalue weighted by Gasteiger charge is 2.12. The monoisotopic (exact) mass is 334 g/mol. The molecule has 0 bridgehead atoms. The van der Waals surface area contributed by atoms with Crippen molar-refractivity contribution in [1.82, 2.24) is 19.3 Å².